The van der Waals surface area contributed by atoms with E-state index in [0.29, 0.717) is 22.1 Å². The molecule has 0 saturated carbocycles. The van der Waals surface area contributed by atoms with Crippen LogP contribution in [-0.4, -0.2) is 22.8 Å². The van der Waals surface area contributed by atoms with E-state index >= 15 is 0 Å². The van der Waals surface area contributed by atoms with E-state index in [4.69, 9.17) is 4.74 Å². The zero-order chi connectivity index (χ0) is 15.0. The van der Waals surface area contributed by atoms with Gasteiger partial charge < -0.3 is 10.1 Å². The van der Waals surface area contributed by atoms with Crippen molar-refractivity contribution in [3.63, 3.8) is 0 Å². The highest BCUT2D eigenvalue weighted by Gasteiger charge is 2.39. The molecule has 1 amide bonds. The van der Waals surface area contributed by atoms with Gasteiger partial charge in [-0.1, -0.05) is 6.07 Å². The van der Waals surface area contributed by atoms with Gasteiger partial charge in [-0.25, -0.2) is 4.98 Å². The Labute approximate surface area is 126 Å². The molecule has 1 N–H and O–H groups in total. The Morgan fingerprint density at radius 2 is 2.19 bits per heavy atom. The number of ketones is 1. The smallest absolute Gasteiger partial charge is 0.241 e. The molecule has 0 spiro atoms. The predicted molar refractivity (Wildman–Crippen MR) is 80.0 cm³/mol. The Morgan fingerprint density at radius 1 is 1.38 bits per heavy atom. The Balaban J connectivity index is 1.98. The van der Waals surface area contributed by atoms with Gasteiger partial charge in [-0.15, -0.1) is 11.3 Å². The van der Waals surface area contributed by atoms with Gasteiger partial charge in [0.2, 0.25) is 11.8 Å². The third kappa shape index (κ3) is 2.54. The number of carbonyl (C=O) groups is 2. The molecule has 6 heteroatoms. The Hall–Kier alpha value is -2.21. The second-order valence-corrected chi connectivity index (χ2v) is 5.96. The zero-order valence-electron chi connectivity index (χ0n) is 11.6. The topological polar surface area (TPSA) is 68.3 Å². The van der Waals surface area contributed by atoms with Crippen LogP contribution < -0.4 is 10.1 Å². The van der Waals surface area contributed by atoms with Crippen LogP contribution in [0.25, 0.3) is 0 Å². The summed E-state index contributed by atoms with van der Waals surface area (Å²) in [5, 5.41) is 4.51. The Bertz CT molecular complexity index is 695. The normalized spacial score (nSPS) is 16.7. The highest BCUT2D eigenvalue weighted by Crippen LogP contribution is 2.35. The average molecular weight is 302 g/mol. The first-order chi connectivity index (χ1) is 10.1. The van der Waals surface area contributed by atoms with E-state index in [-0.39, 0.29) is 17.8 Å². The van der Waals surface area contributed by atoms with Crippen molar-refractivity contribution >= 4 is 28.7 Å². The van der Waals surface area contributed by atoms with Crippen molar-refractivity contribution in [2.75, 3.05) is 5.32 Å². The molecule has 2 aromatic heterocycles. The first kappa shape index (κ1) is 13.8. The van der Waals surface area contributed by atoms with Crippen molar-refractivity contribution in [2.24, 2.45) is 0 Å². The van der Waals surface area contributed by atoms with Gasteiger partial charge in [0.05, 0.1) is 22.4 Å². The molecule has 0 aliphatic carbocycles. The van der Waals surface area contributed by atoms with Crippen LogP contribution in [0.15, 0.2) is 29.6 Å². The highest BCUT2D eigenvalue weighted by atomic mass is 32.1. The van der Waals surface area contributed by atoms with Crippen LogP contribution in [0.3, 0.4) is 0 Å². The van der Waals surface area contributed by atoms with Crippen LogP contribution in [0.2, 0.25) is 0 Å². The third-order valence-electron chi connectivity index (χ3n) is 3.08. The van der Waals surface area contributed by atoms with E-state index in [1.54, 1.807) is 24.3 Å². The summed E-state index contributed by atoms with van der Waals surface area (Å²) in [6.07, 6.45) is -0.0212. The molecule has 1 atom stereocenters. The highest BCUT2D eigenvalue weighted by molar-refractivity contribution is 7.12. The van der Waals surface area contributed by atoms with Crippen LogP contribution in [0.4, 0.5) is 5.69 Å². The van der Waals surface area contributed by atoms with Crippen LogP contribution in [0, 0.1) is 0 Å². The number of amides is 1. The number of rotatable bonds is 4. The minimum atomic E-state index is -0.894. The standard InChI is InChI=1S/C15H14N2O3S/c1-8(2)20-11-6-5-9-13(17-11)12(15(19)16-9)14(18)10-4-3-7-21-10/h3-8,12H,1-2H3,(H,16,19). The second-order valence-electron chi connectivity index (χ2n) is 5.01. The Morgan fingerprint density at radius 3 is 2.86 bits per heavy atom. The molecule has 21 heavy (non-hydrogen) atoms. The molecule has 1 aliphatic heterocycles. The SMILES string of the molecule is CC(C)Oc1ccc2c(n1)C(C(=O)c1cccs1)C(=O)N2. The monoisotopic (exact) mass is 302 g/mol. The number of ether oxygens (including phenoxy) is 1. The number of nitrogens with one attached hydrogen (secondary N) is 1. The summed E-state index contributed by atoms with van der Waals surface area (Å²) in [6, 6.07) is 6.92. The number of hydrogen-bond acceptors (Lipinski definition) is 5. The fourth-order valence-corrected chi connectivity index (χ4v) is 2.92. The number of thiophene rings is 1. The molecule has 3 rings (SSSR count). The lowest BCUT2D eigenvalue weighted by Gasteiger charge is -2.11. The van der Waals surface area contributed by atoms with Crippen molar-refractivity contribution in [1.82, 2.24) is 4.98 Å². The Kier molecular flexibility index (Phi) is 3.47. The van der Waals surface area contributed by atoms with Crippen molar-refractivity contribution in [3.05, 3.63) is 40.2 Å². The molecule has 3 heterocycles. The fraction of sp³-hybridized carbons (Fsp3) is 0.267. The van der Waals surface area contributed by atoms with E-state index < -0.39 is 5.92 Å². The van der Waals surface area contributed by atoms with Gasteiger partial charge in [-0.05, 0) is 31.4 Å². The number of anilines is 1. The summed E-state index contributed by atoms with van der Waals surface area (Å²) in [7, 11) is 0. The molecule has 5 nitrogen and oxygen atoms in total. The van der Waals surface area contributed by atoms with Crippen molar-refractivity contribution in [2.45, 2.75) is 25.9 Å². The zero-order valence-corrected chi connectivity index (χ0v) is 12.4. The third-order valence-corrected chi connectivity index (χ3v) is 3.96. The molecule has 108 valence electrons. The minimum Gasteiger partial charge on any atom is -0.475 e. The molecule has 1 aliphatic rings. The van der Waals surface area contributed by atoms with Gasteiger partial charge in [0.1, 0.15) is 5.92 Å². The van der Waals surface area contributed by atoms with Gasteiger partial charge in [0.15, 0.2) is 5.78 Å². The number of Topliss-reactive ketones (excluding diaryl/α,β-unsaturated/α-hetero) is 1. The minimum absolute atomic E-state index is 0.0212. The molecule has 2 aromatic rings. The summed E-state index contributed by atoms with van der Waals surface area (Å²) in [4.78, 5) is 29.5. The van der Waals surface area contributed by atoms with Crippen LogP contribution in [-0.2, 0) is 4.79 Å². The average Bonchev–Trinajstić information content (AvgIpc) is 3.04. The van der Waals surface area contributed by atoms with Crippen molar-refractivity contribution in [1.29, 1.82) is 0 Å². The number of nitrogens with zero attached hydrogens (tertiary/aromatic N) is 1. The van der Waals surface area contributed by atoms with Gasteiger partial charge in [-0.2, -0.15) is 0 Å². The number of pyridine rings is 1. The fourth-order valence-electron chi connectivity index (χ4n) is 2.22. The first-order valence-corrected chi connectivity index (χ1v) is 7.50. The van der Waals surface area contributed by atoms with E-state index in [9.17, 15) is 9.59 Å². The predicted octanol–water partition coefficient (Wildman–Crippen LogP) is 2.85. The van der Waals surface area contributed by atoms with Crippen LogP contribution in [0.1, 0.15) is 35.1 Å². The van der Waals surface area contributed by atoms with E-state index in [1.165, 1.54) is 11.3 Å². The number of aromatic nitrogens is 1. The number of hydrogen-bond donors (Lipinski definition) is 1. The molecule has 0 bridgehead atoms. The van der Waals surface area contributed by atoms with E-state index in [2.05, 4.69) is 10.3 Å². The summed E-state index contributed by atoms with van der Waals surface area (Å²) in [5.41, 5.74) is 1.02. The number of carbonyl (C=O) groups excluding carboxylic acids is 2. The lowest BCUT2D eigenvalue weighted by molar-refractivity contribution is -0.116. The molecule has 0 fully saturated rings. The summed E-state index contributed by atoms with van der Waals surface area (Å²) in [6.45, 7) is 3.79. The molecule has 0 saturated heterocycles. The van der Waals surface area contributed by atoms with E-state index in [1.807, 2.05) is 19.2 Å². The molecule has 0 aromatic carbocycles. The number of fused-ring (bicyclic) bond motifs is 1. The van der Waals surface area contributed by atoms with Gasteiger partial charge in [0, 0.05) is 6.07 Å². The van der Waals surface area contributed by atoms with Gasteiger partial charge in [-0.3, -0.25) is 9.59 Å². The molecular weight excluding hydrogens is 288 g/mol. The van der Waals surface area contributed by atoms with Gasteiger partial charge >= 0.3 is 0 Å². The summed E-state index contributed by atoms with van der Waals surface area (Å²) in [5.74, 6) is -1.04. The molecular formula is C15H14N2O3S. The summed E-state index contributed by atoms with van der Waals surface area (Å²) < 4.78 is 5.53. The van der Waals surface area contributed by atoms with Crippen LogP contribution in [0.5, 0.6) is 5.88 Å². The lowest BCUT2D eigenvalue weighted by Crippen LogP contribution is -2.21. The molecule has 0 radical (unpaired) electrons. The maximum atomic E-state index is 12.5. The second kappa shape index (κ2) is 5.29. The lowest BCUT2D eigenvalue weighted by atomic mass is 10.00. The van der Waals surface area contributed by atoms with Crippen molar-refractivity contribution < 1.29 is 14.3 Å². The largest absolute Gasteiger partial charge is 0.475 e. The maximum Gasteiger partial charge on any atom is 0.241 e. The van der Waals surface area contributed by atoms with Crippen LogP contribution >= 0.6 is 11.3 Å². The quantitative estimate of drug-likeness (QED) is 0.696. The van der Waals surface area contributed by atoms with Gasteiger partial charge in [0.25, 0.3) is 0 Å². The van der Waals surface area contributed by atoms with E-state index in [0.717, 1.165) is 0 Å². The molecule has 1 unspecified atom stereocenters. The first-order valence-electron chi connectivity index (χ1n) is 6.62. The van der Waals surface area contributed by atoms with Crippen molar-refractivity contribution in [3.8, 4) is 5.88 Å². The maximum absolute atomic E-state index is 12.5. The summed E-state index contributed by atoms with van der Waals surface area (Å²) >= 11 is 1.32.